The predicted octanol–water partition coefficient (Wildman–Crippen LogP) is 2.49. The highest BCUT2D eigenvalue weighted by atomic mass is 32.1. The number of likely N-dealkylation sites (N-methyl/N-ethyl adjacent to an activating group) is 1. The molecule has 0 aliphatic heterocycles. The van der Waals surface area contributed by atoms with Crippen LogP contribution >= 0.6 is 12.6 Å². The first-order chi connectivity index (χ1) is 7.76. The fourth-order valence-electron chi connectivity index (χ4n) is 1.52. The van der Waals surface area contributed by atoms with E-state index in [0.717, 1.165) is 37.6 Å². The summed E-state index contributed by atoms with van der Waals surface area (Å²) < 4.78 is 5.40. The Hall–Kier alpha value is -0.670. The largest absolute Gasteiger partial charge is 0.494 e. The number of thiol groups is 1. The summed E-state index contributed by atoms with van der Waals surface area (Å²) in [5, 5.41) is 0. The Balaban J connectivity index is 2.37. The van der Waals surface area contributed by atoms with Crippen molar-refractivity contribution in [1.82, 2.24) is 4.90 Å². The predicted molar refractivity (Wildman–Crippen MR) is 72.7 cm³/mol. The molecule has 90 valence electrons. The van der Waals surface area contributed by atoms with Gasteiger partial charge in [0.25, 0.3) is 0 Å². The van der Waals surface area contributed by atoms with Crippen LogP contribution in [0.15, 0.2) is 24.3 Å². The van der Waals surface area contributed by atoms with E-state index in [1.165, 1.54) is 5.56 Å². The van der Waals surface area contributed by atoms with E-state index in [4.69, 9.17) is 4.74 Å². The van der Waals surface area contributed by atoms with Crippen molar-refractivity contribution in [2.45, 2.75) is 13.3 Å². The highest BCUT2D eigenvalue weighted by Gasteiger charge is 1.99. The third-order valence-electron chi connectivity index (χ3n) is 2.50. The lowest BCUT2D eigenvalue weighted by Gasteiger charge is -2.14. The van der Waals surface area contributed by atoms with Crippen molar-refractivity contribution in [3.8, 4) is 5.75 Å². The Morgan fingerprint density at radius 2 is 1.88 bits per heavy atom. The van der Waals surface area contributed by atoms with E-state index in [1.807, 2.05) is 19.1 Å². The summed E-state index contributed by atoms with van der Waals surface area (Å²) >= 11 is 4.22. The average Bonchev–Trinajstić information content (AvgIpc) is 2.29. The summed E-state index contributed by atoms with van der Waals surface area (Å²) in [4.78, 5) is 2.30. The third-order valence-corrected chi connectivity index (χ3v) is 2.70. The van der Waals surface area contributed by atoms with Gasteiger partial charge in [0.15, 0.2) is 0 Å². The zero-order valence-electron chi connectivity index (χ0n) is 10.1. The van der Waals surface area contributed by atoms with Crippen LogP contribution in [0.25, 0.3) is 0 Å². The molecule has 0 aliphatic carbocycles. The molecule has 2 nitrogen and oxygen atoms in total. The van der Waals surface area contributed by atoms with Gasteiger partial charge in [-0.1, -0.05) is 12.1 Å². The Morgan fingerprint density at radius 3 is 2.44 bits per heavy atom. The number of nitrogens with zero attached hydrogens (tertiary/aromatic N) is 1. The molecule has 0 aromatic heterocycles. The van der Waals surface area contributed by atoms with Crippen molar-refractivity contribution in [3.05, 3.63) is 29.8 Å². The van der Waals surface area contributed by atoms with Crippen LogP contribution < -0.4 is 4.74 Å². The van der Waals surface area contributed by atoms with Crippen LogP contribution in [0.5, 0.6) is 5.75 Å². The topological polar surface area (TPSA) is 12.5 Å². The van der Waals surface area contributed by atoms with Crippen LogP contribution in [0.3, 0.4) is 0 Å². The molecule has 0 N–H and O–H groups in total. The van der Waals surface area contributed by atoms with Gasteiger partial charge >= 0.3 is 0 Å². The van der Waals surface area contributed by atoms with Crippen molar-refractivity contribution < 1.29 is 4.74 Å². The lowest BCUT2D eigenvalue weighted by molar-refractivity contribution is 0.340. The second-order valence-corrected chi connectivity index (χ2v) is 4.30. The van der Waals surface area contributed by atoms with Gasteiger partial charge in [0.1, 0.15) is 5.75 Å². The van der Waals surface area contributed by atoms with E-state index in [9.17, 15) is 0 Å². The maximum absolute atomic E-state index is 5.40. The summed E-state index contributed by atoms with van der Waals surface area (Å²) in [6.07, 6.45) is 1.08. The first-order valence-corrected chi connectivity index (χ1v) is 6.40. The van der Waals surface area contributed by atoms with Gasteiger partial charge in [0.2, 0.25) is 0 Å². The van der Waals surface area contributed by atoms with Crippen LogP contribution in [0, 0.1) is 0 Å². The quantitative estimate of drug-likeness (QED) is 0.734. The minimum atomic E-state index is 0.726. The third kappa shape index (κ3) is 4.90. The van der Waals surface area contributed by atoms with Gasteiger partial charge in [-0.15, -0.1) is 0 Å². The molecule has 0 radical (unpaired) electrons. The summed E-state index contributed by atoms with van der Waals surface area (Å²) in [5.74, 6) is 1.87. The van der Waals surface area contributed by atoms with E-state index in [1.54, 1.807) is 0 Å². The molecule has 1 aromatic carbocycles. The molecule has 0 saturated heterocycles. The molecule has 0 aliphatic rings. The van der Waals surface area contributed by atoms with Gasteiger partial charge < -0.3 is 9.64 Å². The van der Waals surface area contributed by atoms with E-state index < -0.39 is 0 Å². The molecular formula is C13H21NOS. The molecule has 0 fully saturated rings. The van der Waals surface area contributed by atoms with Gasteiger partial charge in [0, 0.05) is 18.8 Å². The average molecular weight is 239 g/mol. The maximum Gasteiger partial charge on any atom is 0.119 e. The zero-order valence-corrected chi connectivity index (χ0v) is 11.0. The molecule has 0 spiro atoms. The molecule has 0 amide bonds. The van der Waals surface area contributed by atoms with Gasteiger partial charge in [-0.3, -0.25) is 0 Å². The second-order valence-electron chi connectivity index (χ2n) is 3.85. The first-order valence-electron chi connectivity index (χ1n) is 5.77. The highest BCUT2D eigenvalue weighted by Crippen LogP contribution is 2.12. The van der Waals surface area contributed by atoms with Crippen LogP contribution in [0.2, 0.25) is 0 Å². The Morgan fingerprint density at radius 1 is 1.19 bits per heavy atom. The van der Waals surface area contributed by atoms with Crippen LogP contribution in [0.1, 0.15) is 12.5 Å². The monoisotopic (exact) mass is 239 g/mol. The fourth-order valence-corrected chi connectivity index (χ4v) is 1.86. The van der Waals surface area contributed by atoms with Crippen LogP contribution in [-0.2, 0) is 6.42 Å². The molecule has 0 atom stereocenters. The first kappa shape index (κ1) is 13.4. The summed E-state index contributed by atoms with van der Waals surface area (Å²) in [6, 6.07) is 8.36. The van der Waals surface area contributed by atoms with Crippen LogP contribution in [0.4, 0.5) is 0 Å². The molecule has 0 heterocycles. The highest BCUT2D eigenvalue weighted by molar-refractivity contribution is 7.80. The van der Waals surface area contributed by atoms with Crippen molar-refractivity contribution in [3.63, 3.8) is 0 Å². The van der Waals surface area contributed by atoms with Crippen molar-refractivity contribution in [1.29, 1.82) is 0 Å². The van der Waals surface area contributed by atoms with E-state index in [-0.39, 0.29) is 0 Å². The maximum atomic E-state index is 5.40. The molecule has 16 heavy (non-hydrogen) atoms. The van der Waals surface area contributed by atoms with Crippen molar-refractivity contribution in [2.24, 2.45) is 0 Å². The number of hydrogen-bond acceptors (Lipinski definition) is 3. The Labute approximate surface area is 104 Å². The molecule has 1 rings (SSSR count). The number of ether oxygens (including phenoxy) is 1. The van der Waals surface area contributed by atoms with E-state index >= 15 is 0 Å². The minimum absolute atomic E-state index is 0.726. The van der Waals surface area contributed by atoms with Gasteiger partial charge in [-0.05, 0) is 38.1 Å². The molecule has 0 bridgehead atoms. The number of rotatable bonds is 7. The number of hydrogen-bond donors (Lipinski definition) is 1. The molecular weight excluding hydrogens is 218 g/mol. The normalized spacial score (nSPS) is 10.8. The van der Waals surface area contributed by atoms with Crippen molar-refractivity contribution in [2.75, 3.05) is 32.5 Å². The minimum Gasteiger partial charge on any atom is -0.494 e. The number of benzene rings is 1. The second kappa shape index (κ2) is 7.58. The molecule has 0 unspecified atom stereocenters. The van der Waals surface area contributed by atoms with E-state index in [0.29, 0.717) is 0 Å². The molecule has 3 heteroatoms. The SMILES string of the molecule is CCOc1ccc(CCN(C)CCS)cc1. The lowest BCUT2D eigenvalue weighted by atomic mass is 10.1. The molecule has 0 saturated carbocycles. The smallest absolute Gasteiger partial charge is 0.119 e. The van der Waals surface area contributed by atoms with Gasteiger partial charge in [-0.2, -0.15) is 12.6 Å². The Kier molecular flexibility index (Phi) is 6.34. The summed E-state index contributed by atoms with van der Waals surface area (Å²) in [7, 11) is 2.13. The van der Waals surface area contributed by atoms with Gasteiger partial charge in [-0.25, -0.2) is 0 Å². The summed E-state index contributed by atoms with van der Waals surface area (Å²) in [5.41, 5.74) is 1.36. The zero-order chi connectivity index (χ0) is 11.8. The van der Waals surface area contributed by atoms with E-state index in [2.05, 4.69) is 36.7 Å². The standard InChI is InChI=1S/C13H21NOS/c1-3-15-13-6-4-12(5-7-13)8-9-14(2)10-11-16/h4-7,16H,3,8-11H2,1-2H3. The Bertz CT molecular complexity index is 286. The summed E-state index contributed by atoms with van der Waals surface area (Å²) in [6.45, 7) is 4.85. The van der Waals surface area contributed by atoms with Crippen LogP contribution in [-0.4, -0.2) is 37.4 Å². The molecule has 1 aromatic rings. The van der Waals surface area contributed by atoms with Gasteiger partial charge in [0.05, 0.1) is 6.61 Å². The lowest BCUT2D eigenvalue weighted by Crippen LogP contribution is -2.23. The fraction of sp³-hybridized carbons (Fsp3) is 0.538. The van der Waals surface area contributed by atoms with Crippen molar-refractivity contribution >= 4 is 12.6 Å².